The Balaban J connectivity index is 1.54. The number of aromatic nitrogens is 4. The Morgan fingerprint density at radius 3 is 2.71 bits per heavy atom. The average Bonchev–Trinajstić information content (AvgIpc) is 3.17. The molecule has 0 aliphatic rings. The number of carbonyl (C=O) groups is 1. The molecule has 0 spiro atoms. The van der Waals surface area contributed by atoms with Crippen LogP contribution in [-0.2, 0) is 18.4 Å². The van der Waals surface area contributed by atoms with Gasteiger partial charge in [0.25, 0.3) is 5.91 Å². The van der Waals surface area contributed by atoms with E-state index in [2.05, 4.69) is 15.5 Å². The second-order valence-electron chi connectivity index (χ2n) is 5.44. The molecular weight excluding hydrogens is 306 g/mol. The zero-order chi connectivity index (χ0) is 16.9. The van der Waals surface area contributed by atoms with Gasteiger partial charge in [0.15, 0.2) is 6.61 Å². The molecule has 2 heterocycles. The first-order valence-electron chi connectivity index (χ1n) is 7.61. The normalized spacial score (nSPS) is 10.6. The van der Waals surface area contributed by atoms with Gasteiger partial charge in [0, 0.05) is 25.0 Å². The average molecular weight is 325 g/mol. The molecule has 24 heavy (non-hydrogen) atoms. The third-order valence-electron chi connectivity index (χ3n) is 3.45. The van der Waals surface area contributed by atoms with Crippen molar-refractivity contribution < 1.29 is 9.53 Å². The summed E-state index contributed by atoms with van der Waals surface area (Å²) in [7, 11) is 1.83. The van der Waals surface area contributed by atoms with E-state index in [-0.39, 0.29) is 12.5 Å². The summed E-state index contributed by atoms with van der Waals surface area (Å²) in [5.41, 5.74) is 2.61. The standard InChI is InChI=1S/C17H19N5O2/c1-13-11-22(15-6-4-3-5-7-15)20-17(13)24-12-16(23)18-10-14-8-9-21(2)19-14/h3-9,11H,10,12H2,1-2H3,(H,18,23). The molecule has 3 aromatic rings. The predicted molar refractivity (Wildman–Crippen MR) is 88.9 cm³/mol. The molecule has 0 saturated carbocycles. The molecule has 0 radical (unpaired) electrons. The van der Waals surface area contributed by atoms with E-state index < -0.39 is 0 Å². The number of nitrogens with one attached hydrogen (secondary N) is 1. The van der Waals surface area contributed by atoms with Gasteiger partial charge in [0.05, 0.1) is 17.9 Å². The van der Waals surface area contributed by atoms with Gasteiger partial charge in [-0.2, -0.15) is 5.10 Å². The summed E-state index contributed by atoms with van der Waals surface area (Å²) in [6.07, 6.45) is 3.70. The molecule has 0 atom stereocenters. The minimum atomic E-state index is -0.214. The third kappa shape index (κ3) is 3.81. The molecule has 7 nitrogen and oxygen atoms in total. The molecule has 0 fully saturated rings. The summed E-state index contributed by atoms with van der Waals surface area (Å²) in [6, 6.07) is 11.6. The van der Waals surface area contributed by atoms with Crippen LogP contribution in [-0.4, -0.2) is 32.1 Å². The highest BCUT2D eigenvalue weighted by molar-refractivity contribution is 5.77. The van der Waals surface area contributed by atoms with Crippen LogP contribution in [0.3, 0.4) is 0 Å². The third-order valence-corrected chi connectivity index (χ3v) is 3.45. The van der Waals surface area contributed by atoms with E-state index in [9.17, 15) is 4.79 Å². The van der Waals surface area contributed by atoms with Gasteiger partial charge < -0.3 is 10.1 Å². The largest absolute Gasteiger partial charge is 0.466 e. The number of ether oxygens (including phenoxy) is 1. The molecule has 0 aliphatic heterocycles. The van der Waals surface area contributed by atoms with Crippen molar-refractivity contribution >= 4 is 5.91 Å². The first kappa shape index (κ1) is 15.8. The SMILES string of the molecule is Cc1cn(-c2ccccc2)nc1OCC(=O)NCc1ccn(C)n1. The Kier molecular flexibility index (Phi) is 4.60. The number of nitrogens with zero attached hydrogens (tertiary/aromatic N) is 4. The Morgan fingerprint density at radius 2 is 2.00 bits per heavy atom. The Labute approximate surface area is 139 Å². The number of hydrogen-bond donors (Lipinski definition) is 1. The summed E-state index contributed by atoms with van der Waals surface area (Å²) in [4.78, 5) is 11.9. The summed E-state index contributed by atoms with van der Waals surface area (Å²) < 4.78 is 8.95. The summed E-state index contributed by atoms with van der Waals surface area (Å²) in [5.74, 6) is 0.237. The van der Waals surface area contributed by atoms with Crippen molar-refractivity contribution in [2.75, 3.05) is 6.61 Å². The van der Waals surface area contributed by atoms with E-state index in [1.807, 2.05) is 62.8 Å². The topological polar surface area (TPSA) is 74.0 Å². The van der Waals surface area contributed by atoms with Crippen molar-refractivity contribution in [1.82, 2.24) is 24.9 Å². The first-order chi connectivity index (χ1) is 11.6. The maximum Gasteiger partial charge on any atom is 0.258 e. The van der Waals surface area contributed by atoms with Crippen molar-refractivity contribution in [2.45, 2.75) is 13.5 Å². The maximum absolute atomic E-state index is 11.9. The second-order valence-corrected chi connectivity index (χ2v) is 5.44. The molecule has 1 N–H and O–H groups in total. The van der Waals surface area contributed by atoms with E-state index >= 15 is 0 Å². The van der Waals surface area contributed by atoms with Gasteiger partial charge in [0.2, 0.25) is 5.88 Å². The second kappa shape index (κ2) is 6.99. The molecule has 0 aliphatic carbocycles. The van der Waals surface area contributed by atoms with Crippen molar-refractivity contribution in [3.05, 3.63) is 60.0 Å². The van der Waals surface area contributed by atoms with Gasteiger partial charge >= 0.3 is 0 Å². The van der Waals surface area contributed by atoms with Crippen LogP contribution in [0, 0.1) is 6.92 Å². The highest BCUT2D eigenvalue weighted by Crippen LogP contribution is 2.17. The highest BCUT2D eigenvalue weighted by Gasteiger charge is 2.10. The van der Waals surface area contributed by atoms with Crippen LogP contribution in [0.1, 0.15) is 11.3 Å². The molecule has 3 rings (SSSR count). The lowest BCUT2D eigenvalue weighted by Gasteiger charge is -2.05. The van der Waals surface area contributed by atoms with Crippen LogP contribution in [0.15, 0.2) is 48.8 Å². The van der Waals surface area contributed by atoms with Crippen molar-refractivity contribution in [3.63, 3.8) is 0 Å². The fourth-order valence-corrected chi connectivity index (χ4v) is 2.23. The monoisotopic (exact) mass is 325 g/mol. The van der Waals surface area contributed by atoms with Gasteiger partial charge in [-0.25, -0.2) is 4.68 Å². The van der Waals surface area contributed by atoms with Crippen LogP contribution in [0.2, 0.25) is 0 Å². The fraction of sp³-hybridized carbons (Fsp3) is 0.235. The van der Waals surface area contributed by atoms with Gasteiger partial charge in [-0.05, 0) is 25.1 Å². The smallest absolute Gasteiger partial charge is 0.258 e. The van der Waals surface area contributed by atoms with Gasteiger partial charge in [0.1, 0.15) is 0 Å². The summed E-state index contributed by atoms with van der Waals surface area (Å²) in [6.45, 7) is 2.19. The van der Waals surface area contributed by atoms with E-state index in [0.717, 1.165) is 16.9 Å². The number of para-hydroxylation sites is 1. The number of hydrogen-bond acceptors (Lipinski definition) is 4. The van der Waals surface area contributed by atoms with Crippen LogP contribution >= 0.6 is 0 Å². The lowest BCUT2D eigenvalue weighted by Crippen LogP contribution is -2.28. The fourth-order valence-electron chi connectivity index (χ4n) is 2.23. The predicted octanol–water partition coefficient (Wildman–Crippen LogP) is 1.61. The molecule has 0 bridgehead atoms. The van der Waals surface area contributed by atoms with E-state index in [1.54, 1.807) is 9.36 Å². The Hall–Kier alpha value is -3.09. The first-order valence-corrected chi connectivity index (χ1v) is 7.61. The molecule has 7 heteroatoms. The van der Waals surface area contributed by atoms with E-state index in [4.69, 9.17) is 4.74 Å². The van der Waals surface area contributed by atoms with Gasteiger partial charge in [-0.15, -0.1) is 5.10 Å². The molecular formula is C17H19N5O2. The Morgan fingerprint density at radius 1 is 1.21 bits per heavy atom. The zero-order valence-electron chi connectivity index (χ0n) is 13.6. The van der Waals surface area contributed by atoms with Crippen molar-refractivity contribution in [1.29, 1.82) is 0 Å². The zero-order valence-corrected chi connectivity index (χ0v) is 13.6. The number of amides is 1. The number of benzene rings is 1. The molecule has 2 aromatic heterocycles. The minimum absolute atomic E-state index is 0.0839. The van der Waals surface area contributed by atoms with Crippen LogP contribution < -0.4 is 10.1 Å². The van der Waals surface area contributed by atoms with E-state index in [0.29, 0.717) is 12.4 Å². The molecule has 124 valence electrons. The Bertz CT molecular complexity index is 823. The minimum Gasteiger partial charge on any atom is -0.466 e. The molecule has 1 amide bonds. The summed E-state index contributed by atoms with van der Waals surface area (Å²) in [5, 5.41) is 11.3. The van der Waals surface area contributed by atoms with Crippen LogP contribution in [0.5, 0.6) is 5.88 Å². The summed E-state index contributed by atoms with van der Waals surface area (Å²) >= 11 is 0. The number of aryl methyl sites for hydroxylation is 2. The molecule has 0 saturated heterocycles. The van der Waals surface area contributed by atoms with Crippen LogP contribution in [0.25, 0.3) is 5.69 Å². The maximum atomic E-state index is 11.9. The number of rotatable bonds is 6. The van der Waals surface area contributed by atoms with Crippen molar-refractivity contribution in [3.8, 4) is 11.6 Å². The number of carbonyl (C=O) groups excluding carboxylic acids is 1. The van der Waals surface area contributed by atoms with E-state index in [1.165, 1.54) is 0 Å². The van der Waals surface area contributed by atoms with Gasteiger partial charge in [-0.3, -0.25) is 9.48 Å². The lowest BCUT2D eigenvalue weighted by atomic mass is 10.3. The van der Waals surface area contributed by atoms with Crippen LogP contribution in [0.4, 0.5) is 0 Å². The highest BCUT2D eigenvalue weighted by atomic mass is 16.5. The lowest BCUT2D eigenvalue weighted by molar-refractivity contribution is -0.123. The van der Waals surface area contributed by atoms with Gasteiger partial charge in [-0.1, -0.05) is 18.2 Å². The molecule has 0 unspecified atom stereocenters. The van der Waals surface area contributed by atoms with Crippen molar-refractivity contribution in [2.24, 2.45) is 7.05 Å². The quantitative estimate of drug-likeness (QED) is 0.747. The molecule has 1 aromatic carbocycles.